The molecule has 1 heterocycles. The van der Waals surface area contributed by atoms with Gasteiger partial charge in [0.2, 0.25) is 11.8 Å². The molecule has 1 N–H and O–H groups in total. The highest BCUT2D eigenvalue weighted by Crippen LogP contribution is 2.46. The number of hydrogen-bond donors (Lipinski definition) is 1. The molecule has 2 aliphatic rings. The van der Waals surface area contributed by atoms with E-state index >= 15 is 0 Å². The minimum absolute atomic E-state index is 0.0331. The van der Waals surface area contributed by atoms with Crippen LogP contribution >= 0.6 is 0 Å². The molecule has 3 heteroatoms. The first-order valence-electron chi connectivity index (χ1n) is 6.89. The van der Waals surface area contributed by atoms with E-state index in [0.29, 0.717) is 6.42 Å². The van der Waals surface area contributed by atoms with Crippen LogP contribution in [0.2, 0.25) is 0 Å². The highest BCUT2D eigenvalue weighted by atomic mass is 16.2. The van der Waals surface area contributed by atoms with Gasteiger partial charge < -0.3 is 0 Å². The zero-order valence-electron chi connectivity index (χ0n) is 10.9. The number of nitrogens with one attached hydrogen (secondary N) is 1. The van der Waals surface area contributed by atoms with Crippen molar-refractivity contribution in [2.24, 2.45) is 17.3 Å². The Morgan fingerprint density at radius 3 is 2.59 bits per heavy atom. The Morgan fingerprint density at radius 1 is 1.35 bits per heavy atom. The molecule has 1 saturated heterocycles. The van der Waals surface area contributed by atoms with Crippen LogP contribution in [0.25, 0.3) is 0 Å². The van der Waals surface area contributed by atoms with Crippen LogP contribution in [0.1, 0.15) is 58.8 Å². The highest BCUT2D eigenvalue weighted by molar-refractivity contribution is 5.99. The topological polar surface area (TPSA) is 46.2 Å². The smallest absolute Gasteiger partial charge is 0.230 e. The van der Waals surface area contributed by atoms with Gasteiger partial charge in [0.15, 0.2) is 0 Å². The molecule has 2 atom stereocenters. The summed E-state index contributed by atoms with van der Waals surface area (Å²) in [5, 5.41) is 2.50. The number of imide groups is 1. The highest BCUT2D eigenvalue weighted by Gasteiger charge is 2.45. The van der Waals surface area contributed by atoms with Crippen molar-refractivity contribution in [3.63, 3.8) is 0 Å². The molecule has 2 unspecified atom stereocenters. The summed E-state index contributed by atoms with van der Waals surface area (Å²) in [6.07, 6.45) is 7.37. The third kappa shape index (κ3) is 2.53. The summed E-state index contributed by atoms with van der Waals surface area (Å²) in [4.78, 5) is 23.6. The predicted molar refractivity (Wildman–Crippen MR) is 66.2 cm³/mol. The van der Waals surface area contributed by atoms with E-state index in [1.54, 1.807) is 0 Å². The monoisotopic (exact) mass is 237 g/mol. The molecule has 0 aromatic carbocycles. The average Bonchev–Trinajstić information content (AvgIpc) is 2.18. The zero-order chi connectivity index (χ0) is 12.5. The second-order valence-electron chi connectivity index (χ2n) is 6.09. The lowest BCUT2D eigenvalue weighted by molar-refractivity contribution is -0.144. The van der Waals surface area contributed by atoms with Gasteiger partial charge in [0.25, 0.3) is 0 Å². The SMILES string of the molecule is CCCC1C(=O)NC(=O)CC1(C)CC1CCC1. The van der Waals surface area contributed by atoms with Gasteiger partial charge in [-0.25, -0.2) is 0 Å². The van der Waals surface area contributed by atoms with Crippen molar-refractivity contribution in [1.82, 2.24) is 5.32 Å². The quantitative estimate of drug-likeness (QED) is 0.764. The van der Waals surface area contributed by atoms with Crippen LogP contribution in [0, 0.1) is 17.3 Å². The van der Waals surface area contributed by atoms with Crippen LogP contribution in [0.4, 0.5) is 0 Å². The molecule has 1 saturated carbocycles. The van der Waals surface area contributed by atoms with E-state index in [2.05, 4.69) is 19.2 Å². The third-order valence-electron chi connectivity index (χ3n) is 4.54. The Balaban J connectivity index is 2.11. The van der Waals surface area contributed by atoms with Gasteiger partial charge in [-0.2, -0.15) is 0 Å². The number of piperidine rings is 1. The van der Waals surface area contributed by atoms with Crippen molar-refractivity contribution in [2.75, 3.05) is 0 Å². The molecule has 0 bridgehead atoms. The lowest BCUT2D eigenvalue weighted by Crippen LogP contribution is -2.51. The van der Waals surface area contributed by atoms with Gasteiger partial charge in [0.1, 0.15) is 0 Å². The molecule has 1 aliphatic carbocycles. The first-order chi connectivity index (χ1) is 8.05. The van der Waals surface area contributed by atoms with Crippen molar-refractivity contribution in [3.05, 3.63) is 0 Å². The van der Waals surface area contributed by atoms with Crippen molar-refractivity contribution < 1.29 is 9.59 Å². The molecule has 2 amide bonds. The molecule has 17 heavy (non-hydrogen) atoms. The van der Waals surface area contributed by atoms with E-state index in [-0.39, 0.29) is 23.1 Å². The number of carbonyl (C=O) groups is 2. The van der Waals surface area contributed by atoms with Crippen molar-refractivity contribution in [2.45, 2.75) is 58.8 Å². The number of hydrogen-bond acceptors (Lipinski definition) is 2. The Hall–Kier alpha value is -0.860. The van der Waals surface area contributed by atoms with E-state index < -0.39 is 0 Å². The summed E-state index contributed by atoms with van der Waals surface area (Å²) in [6, 6.07) is 0. The molecule has 0 radical (unpaired) electrons. The van der Waals surface area contributed by atoms with E-state index in [1.807, 2.05) is 0 Å². The summed E-state index contributed by atoms with van der Waals surface area (Å²) in [5.74, 6) is 0.665. The van der Waals surface area contributed by atoms with E-state index in [1.165, 1.54) is 19.3 Å². The Labute approximate surface area is 103 Å². The molecule has 1 aliphatic heterocycles. The van der Waals surface area contributed by atoms with E-state index in [4.69, 9.17) is 0 Å². The maximum Gasteiger partial charge on any atom is 0.230 e. The largest absolute Gasteiger partial charge is 0.296 e. The summed E-state index contributed by atoms with van der Waals surface area (Å²) < 4.78 is 0. The first kappa shape index (κ1) is 12.6. The van der Waals surface area contributed by atoms with Crippen LogP contribution in [0.15, 0.2) is 0 Å². The fraction of sp³-hybridized carbons (Fsp3) is 0.857. The maximum absolute atomic E-state index is 12.0. The van der Waals surface area contributed by atoms with E-state index in [0.717, 1.165) is 25.2 Å². The third-order valence-corrected chi connectivity index (χ3v) is 4.54. The molecule has 0 aromatic heterocycles. The van der Waals surface area contributed by atoms with Crippen LogP contribution in [-0.2, 0) is 9.59 Å². The maximum atomic E-state index is 12.0. The molecule has 2 fully saturated rings. The Bertz CT molecular complexity index is 322. The van der Waals surface area contributed by atoms with Gasteiger partial charge >= 0.3 is 0 Å². The van der Waals surface area contributed by atoms with Gasteiger partial charge in [0, 0.05) is 12.3 Å². The van der Waals surface area contributed by atoms with Gasteiger partial charge in [-0.1, -0.05) is 39.5 Å². The normalized spacial score (nSPS) is 34.4. The van der Waals surface area contributed by atoms with Crippen LogP contribution in [0.5, 0.6) is 0 Å². The molecular weight excluding hydrogens is 214 g/mol. The molecule has 96 valence electrons. The molecule has 3 nitrogen and oxygen atoms in total. The van der Waals surface area contributed by atoms with Gasteiger partial charge in [-0.05, 0) is 24.2 Å². The lowest BCUT2D eigenvalue weighted by Gasteiger charge is -2.43. The van der Waals surface area contributed by atoms with E-state index in [9.17, 15) is 9.59 Å². The molecule has 0 spiro atoms. The minimum Gasteiger partial charge on any atom is -0.296 e. The van der Waals surface area contributed by atoms with Crippen LogP contribution < -0.4 is 5.32 Å². The van der Waals surface area contributed by atoms with Gasteiger partial charge in [-0.15, -0.1) is 0 Å². The van der Waals surface area contributed by atoms with Gasteiger partial charge in [-0.3, -0.25) is 14.9 Å². The van der Waals surface area contributed by atoms with Crippen LogP contribution in [0.3, 0.4) is 0 Å². The lowest BCUT2D eigenvalue weighted by atomic mass is 9.62. The average molecular weight is 237 g/mol. The molecule has 0 aromatic rings. The van der Waals surface area contributed by atoms with Crippen molar-refractivity contribution in [3.8, 4) is 0 Å². The number of rotatable bonds is 4. The fourth-order valence-electron chi connectivity index (χ4n) is 3.41. The summed E-state index contributed by atoms with van der Waals surface area (Å²) in [6.45, 7) is 4.25. The Kier molecular flexibility index (Phi) is 3.55. The number of amides is 2. The summed E-state index contributed by atoms with van der Waals surface area (Å²) in [7, 11) is 0. The standard InChI is InChI=1S/C14H23NO2/c1-3-5-11-13(17)15-12(16)9-14(11,2)8-10-6-4-7-10/h10-11H,3-9H2,1-2H3,(H,15,16,17). The molecular formula is C14H23NO2. The second-order valence-corrected chi connectivity index (χ2v) is 6.09. The first-order valence-corrected chi connectivity index (χ1v) is 6.89. The van der Waals surface area contributed by atoms with Crippen molar-refractivity contribution >= 4 is 11.8 Å². The minimum atomic E-state index is -0.0967. The predicted octanol–water partition coefficient (Wildman–Crippen LogP) is 2.65. The fourth-order valence-corrected chi connectivity index (χ4v) is 3.41. The van der Waals surface area contributed by atoms with Gasteiger partial charge in [0.05, 0.1) is 0 Å². The molecule has 2 rings (SSSR count). The second kappa shape index (κ2) is 4.79. The summed E-state index contributed by atoms with van der Waals surface area (Å²) >= 11 is 0. The zero-order valence-corrected chi connectivity index (χ0v) is 10.9. The Morgan fingerprint density at radius 2 is 2.06 bits per heavy atom. The number of carbonyl (C=O) groups excluding carboxylic acids is 2. The van der Waals surface area contributed by atoms with Crippen molar-refractivity contribution in [1.29, 1.82) is 0 Å². The van der Waals surface area contributed by atoms with Crippen LogP contribution in [-0.4, -0.2) is 11.8 Å². The summed E-state index contributed by atoms with van der Waals surface area (Å²) in [5.41, 5.74) is -0.0967.